The Balaban J connectivity index is 1.85. The first-order chi connectivity index (χ1) is 10.5. The third-order valence-corrected chi connectivity index (χ3v) is 3.85. The summed E-state index contributed by atoms with van der Waals surface area (Å²) in [5, 5.41) is 3.69. The van der Waals surface area contributed by atoms with Crippen molar-refractivity contribution < 1.29 is 18.3 Å². The lowest BCUT2D eigenvalue weighted by atomic mass is 10.3. The van der Waals surface area contributed by atoms with Gasteiger partial charge in [0, 0.05) is 11.9 Å². The number of halogens is 3. The van der Waals surface area contributed by atoms with E-state index in [1.807, 2.05) is 0 Å². The van der Waals surface area contributed by atoms with Crippen LogP contribution in [0.2, 0.25) is 5.02 Å². The lowest BCUT2D eigenvalue weighted by molar-refractivity contribution is -0.113. The number of aromatic nitrogens is 1. The molecule has 1 amide bonds. The van der Waals surface area contributed by atoms with Gasteiger partial charge >= 0.3 is 6.61 Å². The van der Waals surface area contributed by atoms with Crippen LogP contribution >= 0.6 is 23.4 Å². The minimum atomic E-state index is -2.88. The number of nitrogens with one attached hydrogen (secondary N) is 1. The fourth-order valence-corrected chi connectivity index (χ4v) is 2.49. The Bertz CT molecular complexity index is 641. The average Bonchev–Trinajstić information content (AvgIpc) is 2.48. The van der Waals surface area contributed by atoms with E-state index in [4.69, 9.17) is 11.6 Å². The second-order valence-corrected chi connectivity index (χ2v) is 5.40. The molecule has 1 aromatic heterocycles. The van der Waals surface area contributed by atoms with Gasteiger partial charge in [-0.15, -0.1) is 0 Å². The van der Waals surface area contributed by atoms with Crippen LogP contribution in [0.5, 0.6) is 5.75 Å². The molecule has 0 radical (unpaired) electrons. The normalized spacial score (nSPS) is 10.5. The molecule has 2 rings (SSSR count). The van der Waals surface area contributed by atoms with E-state index in [2.05, 4.69) is 15.0 Å². The van der Waals surface area contributed by atoms with Gasteiger partial charge in [-0.05, 0) is 36.4 Å². The zero-order valence-electron chi connectivity index (χ0n) is 11.1. The summed E-state index contributed by atoms with van der Waals surface area (Å²) in [5.41, 5.74) is 0.485. The first kappa shape index (κ1) is 16.5. The van der Waals surface area contributed by atoms with E-state index in [-0.39, 0.29) is 17.4 Å². The van der Waals surface area contributed by atoms with Gasteiger partial charge in [0.05, 0.1) is 10.8 Å². The fraction of sp³-hybridized carbons (Fsp3) is 0.143. The van der Waals surface area contributed by atoms with Gasteiger partial charge in [0.15, 0.2) is 0 Å². The highest BCUT2D eigenvalue weighted by Crippen LogP contribution is 2.24. The molecule has 8 heteroatoms. The zero-order valence-corrected chi connectivity index (χ0v) is 12.7. The predicted molar refractivity (Wildman–Crippen MR) is 81.7 cm³/mol. The highest BCUT2D eigenvalue weighted by Gasteiger charge is 2.08. The van der Waals surface area contributed by atoms with Crippen molar-refractivity contribution in [1.82, 2.24) is 4.98 Å². The first-order valence-corrected chi connectivity index (χ1v) is 7.49. The van der Waals surface area contributed by atoms with Crippen molar-refractivity contribution in [2.45, 2.75) is 11.6 Å². The highest BCUT2D eigenvalue weighted by atomic mass is 35.5. The second-order valence-electron chi connectivity index (χ2n) is 4.03. The zero-order chi connectivity index (χ0) is 15.9. The fourth-order valence-electron chi connectivity index (χ4n) is 1.53. The minimum absolute atomic E-state index is 0.0302. The number of carbonyl (C=O) groups is 1. The van der Waals surface area contributed by atoms with E-state index in [0.717, 1.165) is 0 Å². The molecule has 116 valence electrons. The van der Waals surface area contributed by atoms with Gasteiger partial charge in [-0.2, -0.15) is 8.78 Å². The van der Waals surface area contributed by atoms with Crippen molar-refractivity contribution in [1.29, 1.82) is 0 Å². The summed E-state index contributed by atoms with van der Waals surface area (Å²) in [5.74, 6) is -0.0941. The Kier molecular flexibility index (Phi) is 5.97. The topological polar surface area (TPSA) is 51.2 Å². The van der Waals surface area contributed by atoms with Gasteiger partial charge in [-0.25, -0.2) is 4.98 Å². The average molecular weight is 345 g/mol. The van der Waals surface area contributed by atoms with Crippen LogP contribution in [0.25, 0.3) is 0 Å². The van der Waals surface area contributed by atoms with Gasteiger partial charge in [-0.1, -0.05) is 23.4 Å². The van der Waals surface area contributed by atoms with Crippen molar-refractivity contribution >= 4 is 35.0 Å². The van der Waals surface area contributed by atoms with E-state index in [1.54, 1.807) is 18.3 Å². The lowest BCUT2D eigenvalue weighted by Gasteiger charge is -2.07. The van der Waals surface area contributed by atoms with Crippen LogP contribution in [0.1, 0.15) is 0 Å². The standard InChI is InChI=1S/C14H11ClF2N2O2S/c15-11-2-1-7-18-13(11)22-8-12(20)19-9-3-5-10(6-4-9)21-14(16)17/h1-7,14H,8H2,(H,19,20). The quantitative estimate of drug-likeness (QED) is 0.803. The summed E-state index contributed by atoms with van der Waals surface area (Å²) in [6.45, 7) is -2.88. The molecule has 0 saturated heterocycles. The molecule has 0 atom stereocenters. The van der Waals surface area contributed by atoms with Crippen LogP contribution < -0.4 is 10.1 Å². The van der Waals surface area contributed by atoms with Crippen molar-refractivity contribution in [2.75, 3.05) is 11.1 Å². The Morgan fingerprint density at radius 2 is 2.05 bits per heavy atom. The monoisotopic (exact) mass is 344 g/mol. The van der Waals surface area contributed by atoms with Crippen LogP contribution in [0.4, 0.5) is 14.5 Å². The van der Waals surface area contributed by atoms with E-state index in [1.165, 1.54) is 36.0 Å². The van der Waals surface area contributed by atoms with Gasteiger partial charge < -0.3 is 10.1 Å². The molecule has 1 heterocycles. The molecule has 1 N–H and O–H groups in total. The summed E-state index contributed by atoms with van der Waals surface area (Å²) in [6.07, 6.45) is 1.59. The third-order valence-electron chi connectivity index (χ3n) is 2.43. The summed E-state index contributed by atoms with van der Waals surface area (Å²) < 4.78 is 28.2. The molecule has 0 saturated carbocycles. The number of carbonyl (C=O) groups excluding carboxylic acids is 1. The molecule has 0 aliphatic rings. The van der Waals surface area contributed by atoms with E-state index < -0.39 is 6.61 Å². The summed E-state index contributed by atoms with van der Waals surface area (Å²) in [6, 6.07) is 9.06. The molecule has 1 aromatic carbocycles. The SMILES string of the molecule is O=C(CSc1ncccc1Cl)Nc1ccc(OC(F)F)cc1. The summed E-state index contributed by atoms with van der Waals surface area (Å²) in [4.78, 5) is 15.9. The molecule has 0 spiro atoms. The number of hydrogen-bond acceptors (Lipinski definition) is 4. The summed E-state index contributed by atoms with van der Waals surface area (Å²) >= 11 is 7.14. The van der Waals surface area contributed by atoms with Crippen LogP contribution in [0.15, 0.2) is 47.6 Å². The molecule has 0 unspecified atom stereocenters. The molecule has 0 aliphatic heterocycles. The minimum Gasteiger partial charge on any atom is -0.435 e. The third kappa shape index (κ3) is 5.16. The number of rotatable bonds is 6. The molecule has 0 fully saturated rings. The molecule has 2 aromatic rings. The number of nitrogens with zero attached hydrogens (tertiary/aromatic N) is 1. The predicted octanol–water partition coefficient (Wildman–Crippen LogP) is 4.07. The van der Waals surface area contributed by atoms with Gasteiger partial charge in [0.25, 0.3) is 0 Å². The van der Waals surface area contributed by atoms with Crippen LogP contribution in [0, 0.1) is 0 Å². The maximum atomic E-state index is 12.0. The smallest absolute Gasteiger partial charge is 0.387 e. The number of hydrogen-bond donors (Lipinski definition) is 1. The van der Waals surface area contributed by atoms with Crippen molar-refractivity contribution in [3.05, 3.63) is 47.6 Å². The van der Waals surface area contributed by atoms with Crippen molar-refractivity contribution in [3.8, 4) is 5.75 Å². The number of anilines is 1. The Labute approximate surface area is 134 Å². The number of alkyl halides is 2. The number of pyridine rings is 1. The number of benzene rings is 1. The molecule has 0 aliphatic carbocycles. The lowest BCUT2D eigenvalue weighted by Crippen LogP contribution is -2.14. The first-order valence-electron chi connectivity index (χ1n) is 6.12. The molecule has 0 bridgehead atoms. The second kappa shape index (κ2) is 7.95. The van der Waals surface area contributed by atoms with Gasteiger partial charge in [0.1, 0.15) is 10.8 Å². The molecular weight excluding hydrogens is 334 g/mol. The Morgan fingerprint density at radius 1 is 1.32 bits per heavy atom. The Morgan fingerprint density at radius 3 is 2.68 bits per heavy atom. The number of amides is 1. The molecule has 22 heavy (non-hydrogen) atoms. The van der Waals surface area contributed by atoms with E-state index in [0.29, 0.717) is 15.7 Å². The van der Waals surface area contributed by atoms with Crippen LogP contribution in [0.3, 0.4) is 0 Å². The van der Waals surface area contributed by atoms with Crippen molar-refractivity contribution in [3.63, 3.8) is 0 Å². The van der Waals surface area contributed by atoms with Gasteiger partial charge in [-0.3, -0.25) is 4.79 Å². The van der Waals surface area contributed by atoms with Gasteiger partial charge in [0.2, 0.25) is 5.91 Å². The van der Waals surface area contributed by atoms with Crippen molar-refractivity contribution in [2.24, 2.45) is 0 Å². The molecular formula is C14H11ClF2N2O2S. The maximum Gasteiger partial charge on any atom is 0.387 e. The highest BCUT2D eigenvalue weighted by molar-refractivity contribution is 8.00. The largest absolute Gasteiger partial charge is 0.435 e. The molecule has 4 nitrogen and oxygen atoms in total. The van der Waals surface area contributed by atoms with Crippen LogP contribution in [-0.2, 0) is 4.79 Å². The maximum absolute atomic E-state index is 12.0. The van der Waals surface area contributed by atoms with E-state index in [9.17, 15) is 13.6 Å². The number of thioether (sulfide) groups is 1. The van der Waals surface area contributed by atoms with Crippen LogP contribution in [-0.4, -0.2) is 23.3 Å². The summed E-state index contributed by atoms with van der Waals surface area (Å²) in [7, 11) is 0. The van der Waals surface area contributed by atoms with E-state index >= 15 is 0 Å². The number of ether oxygens (including phenoxy) is 1. The Hall–Kier alpha value is -1.86.